The first-order valence-corrected chi connectivity index (χ1v) is 13.4. The molecule has 2 fully saturated rings. The maximum atomic E-state index is 13.2. The SMILES string of the molecule is O=C(c1cc(S(=O)(=O)N2CCCCCC2)ccc1Cl)N1CCN(c2cccc(C(F)(F)F)c2)CC1. The van der Waals surface area contributed by atoms with Gasteiger partial charge in [0.25, 0.3) is 5.91 Å². The summed E-state index contributed by atoms with van der Waals surface area (Å²) in [6, 6.07) is 9.29. The number of alkyl halides is 3. The molecule has 0 spiro atoms. The summed E-state index contributed by atoms with van der Waals surface area (Å²) in [5, 5.41) is 0.158. The summed E-state index contributed by atoms with van der Waals surface area (Å²) in [6.45, 7) is 2.13. The standard InChI is InChI=1S/C24H27ClF3N3O3S/c25-22-9-8-20(35(33,34)31-10-3-1-2-4-11-31)17-21(22)23(32)30-14-12-29(13-15-30)19-7-5-6-18(16-19)24(26,27)28/h5-9,16-17H,1-4,10-15H2. The molecule has 0 atom stereocenters. The highest BCUT2D eigenvalue weighted by Gasteiger charge is 2.32. The maximum absolute atomic E-state index is 13.2. The van der Waals surface area contributed by atoms with Crippen LogP contribution in [0.4, 0.5) is 18.9 Å². The molecule has 2 aromatic rings. The van der Waals surface area contributed by atoms with Gasteiger partial charge in [-0.05, 0) is 49.2 Å². The number of sulfonamides is 1. The summed E-state index contributed by atoms with van der Waals surface area (Å²) < 4.78 is 67.0. The highest BCUT2D eigenvalue weighted by Crippen LogP contribution is 2.32. The summed E-state index contributed by atoms with van der Waals surface area (Å²) in [4.78, 5) is 16.6. The lowest BCUT2D eigenvalue weighted by atomic mass is 10.1. The Bertz CT molecular complexity index is 1170. The van der Waals surface area contributed by atoms with Crippen LogP contribution in [0.5, 0.6) is 0 Å². The molecule has 2 aromatic carbocycles. The van der Waals surface area contributed by atoms with Crippen molar-refractivity contribution in [1.29, 1.82) is 0 Å². The van der Waals surface area contributed by atoms with Crippen LogP contribution in [0.15, 0.2) is 47.4 Å². The molecule has 0 saturated carbocycles. The van der Waals surface area contributed by atoms with E-state index in [0.29, 0.717) is 31.9 Å². The Hall–Kier alpha value is -2.30. The third-order valence-corrected chi connectivity index (χ3v) is 8.70. The van der Waals surface area contributed by atoms with Crippen molar-refractivity contribution in [3.05, 3.63) is 58.6 Å². The number of halogens is 4. The quantitative estimate of drug-likeness (QED) is 0.566. The molecular weight excluding hydrogens is 503 g/mol. The highest BCUT2D eigenvalue weighted by atomic mass is 35.5. The molecule has 2 aliphatic rings. The molecule has 2 heterocycles. The molecule has 190 valence electrons. The Balaban J connectivity index is 1.48. The Kier molecular flexibility index (Phi) is 7.63. The van der Waals surface area contributed by atoms with Crippen LogP contribution < -0.4 is 4.90 Å². The topological polar surface area (TPSA) is 60.9 Å². The second-order valence-electron chi connectivity index (χ2n) is 8.79. The van der Waals surface area contributed by atoms with Crippen molar-refractivity contribution in [3.8, 4) is 0 Å². The van der Waals surface area contributed by atoms with E-state index >= 15 is 0 Å². The summed E-state index contributed by atoms with van der Waals surface area (Å²) >= 11 is 6.28. The van der Waals surface area contributed by atoms with Gasteiger partial charge < -0.3 is 9.80 Å². The monoisotopic (exact) mass is 529 g/mol. The molecule has 0 radical (unpaired) electrons. The summed E-state index contributed by atoms with van der Waals surface area (Å²) in [6.07, 6.45) is -0.849. The lowest BCUT2D eigenvalue weighted by molar-refractivity contribution is -0.137. The van der Waals surface area contributed by atoms with Gasteiger partial charge in [-0.25, -0.2) is 8.42 Å². The summed E-state index contributed by atoms with van der Waals surface area (Å²) in [5.41, 5.74) is -0.173. The molecule has 2 aliphatic heterocycles. The van der Waals surface area contributed by atoms with Gasteiger partial charge in [0.05, 0.1) is 21.0 Å². The lowest BCUT2D eigenvalue weighted by Crippen LogP contribution is -2.49. The first-order valence-electron chi connectivity index (χ1n) is 11.6. The van der Waals surface area contributed by atoms with Gasteiger partial charge in [-0.15, -0.1) is 0 Å². The van der Waals surface area contributed by atoms with Crippen LogP contribution in [0.3, 0.4) is 0 Å². The molecule has 6 nitrogen and oxygen atoms in total. The molecule has 0 unspecified atom stereocenters. The van der Waals surface area contributed by atoms with Crippen LogP contribution in [0.25, 0.3) is 0 Å². The molecule has 4 rings (SSSR count). The van der Waals surface area contributed by atoms with Gasteiger partial charge >= 0.3 is 6.18 Å². The zero-order valence-corrected chi connectivity index (χ0v) is 20.7. The summed E-state index contributed by atoms with van der Waals surface area (Å²) in [7, 11) is -3.75. The minimum Gasteiger partial charge on any atom is -0.368 e. The number of carbonyl (C=O) groups excluding carboxylic acids is 1. The van der Waals surface area contributed by atoms with Crippen molar-refractivity contribution in [3.63, 3.8) is 0 Å². The van der Waals surface area contributed by atoms with Crippen molar-refractivity contribution in [2.45, 2.75) is 36.8 Å². The van der Waals surface area contributed by atoms with E-state index in [1.54, 1.807) is 15.9 Å². The highest BCUT2D eigenvalue weighted by molar-refractivity contribution is 7.89. The average molecular weight is 530 g/mol. The fourth-order valence-electron chi connectivity index (χ4n) is 4.48. The fourth-order valence-corrected chi connectivity index (χ4v) is 6.22. The predicted octanol–water partition coefficient (Wildman–Crippen LogP) is 4.89. The summed E-state index contributed by atoms with van der Waals surface area (Å²) in [5.74, 6) is -0.397. The minimum atomic E-state index is -4.43. The largest absolute Gasteiger partial charge is 0.416 e. The van der Waals surface area contributed by atoms with Crippen molar-refractivity contribution >= 4 is 33.2 Å². The Morgan fingerprint density at radius 3 is 2.14 bits per heavy atom. The van der Waals surface area contributed by atoms with E-state index in [1.165, 1.54) is 28.6 Å². The van der Waals surface area contributed by atoms with Crippen molar-refractivity contribution in [2.24, 2.45) is 0 Å². The fraction of sp³-hybridized carbons (Fsp3) is 0.458. The van der Waals surface area contributed by atoms with E-state index in [9.17, 15) is 26.4 Å². The van der Waals surface area contributed by atoms with Gasteiger partial charge in [0.15, 0.2) is 0 Å². The van der Waals surface area contributed by atoms with Crippen LogP contribution >= 0.6 is 11.6 Å². The lowest BCUT2D eigenvalue weighted by Gasteiger charge is -2.36. The number of rotatable bonds is 4. The molecule has 0 N–H and O–H groups in total. The van der Waals surface area contributed by atoms with Gasteiger partial charge in [-0.1, -0.05) is 30.5 Å². The van der Waals surface area contributed by atoms with Crippen LogP contribution in [-0.4, -0.2) is 62.8 Å². The first kappa shape index (κ1) is 25.8. The van der Waals surface area contributed by atoms with E-state index in [1.807, 2.05) is 0 Å². The van der Waals surface area contributed by atoms with Crippen LogP contribution in [0.1, 0.15) is 41.6 Å². The second kappa shape index (κ2) is 10.4. The molecule has 0 aromatic heterocycles. The zero-order chi connectivity index (χ0) is 25.2. The number of piperazine rings is 1. The van der Waals surface area contributed by atoms with Gasteiger partial charge in [0.2, 0.25) is 10.0 Å². The van der Waals surface area contributed by atoms with Crippen molar-refractivity contribution in [2.75, 3.05) is 44.2 Å². The predicted molar refractivity (Wildman–Crippen MR) is 128 cm³/mol. The van der Waals surface area contributed by atoms with E-state index in [0.717, 1.165) is 37.8 Å². The van der Waals surface area contributed by atoms with Gasteiger partial charge in [-0.3, -0.25) is 4.79 Å². The average Bonchev–Trinajstić information content (AvgIpc) is 3.14. The van der Waals surface area contributed by atoms with Crippen LogP contribution in [-0.2, 0) is 16.2 Å². The molecular formula is C24H27ClF3N3O3S. The normalized spacial score (nSPS) is 18.4. The number of anilines is 1. The minimum absolute atomic E-state index is 0.0368. The van der Waals surface area contributed by atoms with E-state index in [-0.39, 0.29) is 28.6 Å². The van der Waals surface area contributed by atoms with Crippen LogP contribution in [0, 0.1) is 0 Å². The molecule has 11 heteroatoms. The molecule has 35 heavy (non-hydrogen) atoms. The number of amides is 1. The number of benzene rings is 2. The number of hydrogen-bond acceptors (Lipinski definition) is 4. The smallest absolute Gasteiger partial charge is 0.368 e. The Labute approximate surface area is 208 Å². The van der Waals surface area contributed by atoms with Gasteiger partial charge in [-0.2, -0.15) is 17.5 Å². The second-order valence-corrected chi connectivity index (χ2v) is 11.1. The van der Waals surface area contributed by atoms with E-state index < -0.39 is 27.7 Å². The molecule has 2 saturated heterocycles. The first-order chi connectivity index (χ1) is 16.6. The number of nitrogens with zero attached hydrogens (tertiary/aromatic N) is 3. The van der Waals surface area contributed by atoms with E-state index in [2.05, 4.69) is 0 Å². The number of hydrogen-bond donors (Lipinski definition) is 0. The maximum Gasteiger partial charge on any atom is 0.416 e. The van der Waals surface area contributed by atoms with Crippen molar-refractivity contribution < 1.29 is 26.4 Å². The van der Waals surface area contributed by atoms with Crippen molar-refractivity contribution in [1.82, 2.24) is 9.21 Å². The number of carbonyl (C=O) groups is 1. The third kappa shape index (κ3) is 5.76. The van der Waals surface area contributed by atoms with Gasteiger partial charge in [0, 0.05) is 45.0 Å². The molecule has 0 aliphatic carbocycles. The van der Waals surface area contributed by atoms with Crippen LogP contribution in [0.2, 0.25) is 5.02 Å². The Morgan fingerprint density at radius 2 is 1.51 bits per heavy atom. The molecule has 0 bridgehead atoms. The third-order valence-electron chi connectivity index (χ3n) is 6.48. The Morgan fingerprint density at radius 1 is 0.857 bits per heavy atom. The van der Waals surface area contributed by atoms with E-state index in [4.69, 9.17) is 11.6 Å². The van der Waals surface area contributed by atoms with Gasteiger partial charge in [0.1, 0.15) is 0 Å². The zero-order valence-electron chi connectivity index (χ0n) is 19.1. The molecule has 1 amide bonds.